The first-order valence-corrected chi connectivity index (χ1v) is 13.0. The number of phenols is 1. The molecule has 1 aliphatic rings. The van der Waals surface area contributed by atoms with Gasteiger partial charge in [-0.05, 0) is 93.3 Å². The predicted octanol–water partition coefficient (Wildman–Crippen LogP) is 8.26. The third-order valence-electron chi connectivity index (χ3n) is 7.12. The highest BCUT2D eigenvalue weighted by molar-refractivity contribution is 6.27. The van der Waals surface area contributed by atoms with Gasteiger partial charge in [0.05, 0.1) is 4.87 Å². The van der Waals surface area contributed by atoms with Gasteiger partial charge in [-0.2, -0.15) is 0 Å². The van der Waals surface area contributed by atoms with E-state index in [1.54, 1.807) is 12.1 Å². The van der Waals surface area contributed by atoms with Crippen molar-refractivity contribution in [2.75, 3.05) is 17.2 Å². The molecule has 4 rings (SSSR count). The van der Waals surface area contributed by atoms with Gasteiger partial charge < -0.3 is 15.7 Å². The molecule has 37 heavy (non-hydrogen) atoms. The second-order valence-electron chi connectivity index (χ2n) is 10.1. The molecule has 0 spiro atoms. The van der Waals surface area contributed by atoms with Gasteiger partial charge in [-0.1, -0.05) is 37.4 Å². The van der Waals surface area contributed by atoms with Crippen LogP contribution in [0.15, 0.2) is 84.5 Å². The van der Waals surface area contributed by atoms with Crippen LogP contribution in [0.4, 0.5) is 11.4 Å². The van der Waals surface area contributed by atoms with Gasteiger partial charge in [-0.25, -0.2) is 0 Å². The second kappa shape index (κ2) is 10.5. The van der Waals surface area contributed by atoms with E-state index in [0.717, 1.165) is 62.8 Å². The molecule has 0 heterocycles. The summed E-state index contributed by atoms with van der Waals surface area (Å²) in [6, 6.07) is 20.1. The number of anilines is 2. The van der Waals surface area contributed by atoms with Gasteiger partial charge in [0, 0.05) is 52.4 Å². The third-order valence-corrected chi connectivity index (χ3v) is 7.59. The van der Waals surface area contributed by atoms with Crippen LogP contribution in [0, 0.1) is 19.8 Å². The fourth-order valence-corrected chi connectivity index (χ4v) is 5.61. The molecule has 3 unspecified atom stereocenters. The van der Waals surface area contributed by atoms with Crippen LogP contribution in [0.5, 0.6) is 5.75 Å². The van der Waals surface area contributed by atoms with E-state index in [0.29, 0.717) is 0 Å². The minimum atomic E-state index is -0.463. The molecule has 0 aliphatic heterocycles. The largest absolute Gasteiger partial charge is 0.508 e. The summed E-state index contributed by atoms with van der Waals surface area (Å²) in [5, 5.41) is 17.0. The fourth-order valence-electron chi connectivity index (χ4n) is 5.17. The van der Waals surface area contributed by atoms with E-state index in [1.807, 2.05) is 45.9 Å². The number of benzene rings is 3. The highest BCUT2D eigenvalue weighted by Gasteiger charge is 2.62. The van der Waals surface area contributed by atoms with E-state index >= 15 is 0 Å². The summed E-state index contributed by atoms with van der Waals surface area (Å²) in [5.74, 6) is 0.384. The van der Waals surface area contributed by atoms with Crippen molar-refractivity contribution in [3.8, 4) is 5.75 Å². The van der Waals surface area contributed by atoms with Crippen LogP contribution >= 0.6 is 11.6 Å². The number of phenolic OH excluding ortho intramolecular Hbond substituents is 1. The Balaban J connectivity index is 1.47. The van der Waals surface area contributed by atoms with Crippen molar-refractivity contribution in [3.63, 3.8) is 0 Å². The lowest BCUT2D eigenvalue weighted by Gasteiger charge is -2.16. The number of nitrogens with one attached hydrogen (secondary N) is 2. The second-order valence-corrected chi connectivity index (χ2v) is 10.9. The minimum absolute atomic E-state index is 0.0414. The number of aromatic hydroxyl groups is 1. The Bertz CT molecular complexity index is 1350. The summed E-state index contributed by atoms with van der Waals surface area (Å²) < 4.78 is 0. The number of nitrogens with zero attached hydrogens (tertiary/aromatic N) is 1. The summed E-state index contributed by atoms with van der Waals surface area (Å²) in [5.41, 5.74) is 9.93. The van der Waals surface area contributed by atoms with E-state index in [-0.39, 0.29) is 17.6 Å². The zero-order valence-electron chi connectivity index (χ0n) is 22.3. The maximum absolute atomic E-state index is 10.1. The highest BCUT2D eigenvalue weighted by Crippen LogP contribution is 2.64. The third kappa shape index (κ3) is 5.75. The van der Waals surface area contributed by atoms with Crippen LogP contribution in [0.2, 0.25) is 0 Å². The van der Waals surface area contributed by atoms with E-state index in [1.165, 1.54) is 0 Å². The van der Waals surface area contributed by atoms with Crippen molar-refractivity contribution in [3.05, 3.63) is 107 Å². The van der Waals surface area contributed by atoms with Gasteiger partial charge in [0.2, 0.25) is 0 Å². The molecule has 1 saturated carbocycles. The lowest BCUT2D eigenvalue weighted by molar-refractivity contribution is 0.474. The Morgan fingerprint density at radius 3 is 2.32 bits per heavy atom. The maximum atomic E-state index is 10.1. The Morgan fingerprint density at radius 1 is 1.00 bits per heavy atom. The smallest absolute Gasteiger partial charge is 0.116 e. The number of alkyl halides is 1. The molecule has 4 nitrogen and oxygen atoms in total. The number of aryl methyl sites for hydroxylation is 2. The van der Waals surface area contributed by atoms with Crippen molar-refractivity contribution in [2.24, 2.45) is 10.9 Å². The molecule has 0 bridgehead atoms. The number of halogens is 1. The Kier molecular flexibility index (Phi) is 7.52. The highest BCUT2D eigenvalue weighted by atomic mass is 35.5. The van der Waals surface area contributed by atoms with Crippen LogP contribution < -0.4 is 10.6 Å². The van der Waals surface area contributed by atoms with Crippen LogP contribution in [0.25, 0.3) is 5.70 Å². The van der Waals surface area contributed by atoms with Gasteiger partial charge in [-0.3, -0.25) is 4.99 Å². The maximum Gasteiger partial charge on any atom is 0.116 e. The quantitative estimate of drug-likeness (QED) is 0.199. The number of hydrogen-bond donors (Lipinski definition) is 3. The van der Waals surface area contributed by atoms with E-state index < -0.39 is 4.87 Å². The zero-order valence-corrected chi connectivity index (χ0v) is 23.1. The van der Waals surface area contributed by atoms with E-state index in [2.05, 4.69) is 66.0 Å². The number of rotatable bonds is 9. The molecular weight excluding hydrogens is 478 g/mol. The molecule has 1 aliphatic carbocycles. The topological polar surface area (TPSA) is 56.7 Å². The first kappa shape index (κ1) is 26.6. The molecular formula is C32H36ClN3O. The summed E-state index contributed by atoms with van der Waals surface area (Å²) in [4.78, 5) is 4.02. The number of allylic oxidation sites excluding steroid dienone is 1. The normalized spacial score (nSPS) is 20.9. The van der Waals surface area contributed by atoms with Gasteiger partial charge in [-0.15, -0.1) is 11.6 Å². The molecule has 0 aromatic heterocycles. The SMILES string of the molecule is C=C(Nc1ccc(C(C)=NCC)cc1)c1cc(NC(=C)C2C(c3cc(C)cc(O)c3)C2(C)Cl)ccc1C. The molecule has 0 saturated heterocycles. The lowest BCUT2D eigenvalue weighted by atomic mass is 10.0. The van der Waals surface area contributed by atoms with Crippen LogP contribution in [-0.2, 0) is 0 Å². The van der Waals surface area contributed by atoms with Crippen LogP contribution in [0.1, 0.15) is 54.5 Å². The fraction of sp³-hybridized carbons (Fsp3) is 0.281. The molecule has 3 aromatic rings. The molecule has 3 N–H and O–H groups in total. The standard InChI is InChI=1S/C32H36ClN3O/c1-8-34-21(4)24-10-13-26(14-11-24)35-22(5)29-18-27(12-9-20(29)3)36-23(6)30-31(32(30,7)33)25-15-19(2)16-28(37)17-25/h9-18,30-31,35-37H,5-6,8H2,1-4,7H3. The van der Waals surface area contributed by atoms with E-state index in [9.17, 15) is 5.11 Å². The summed E-state index contributed by atoms with van der Waals surface area (Å²) in [6.45, 7) is 19.5. The van der Waals surface area contributed by atoms with Crippen LogP contribution in [0.3, 0.4) is 0 Å². The van der Waals surface area contributed by atoms with Crippen molar-refractivity contribution in [1.29, 1.82) is 0 Å². The molecule has 1 fully saturated rings. The minimum Gasteiger partial charge on any atom is -0.508 e. The molecule has 0 amide bonds. The molecule has 3 aromatic carbocycles. The Morgan fingerprint density at radius 2 is 1.68 bits per heavy atom. The average Bonchev–Trinajstić information content (AvgIpc) is 3.42. The Labute approximate surface area is 225 Å². The van der Waals surface area contributed by atoms with Gasteiger partial charge >= 0.3 is 0 Å². The van der Waals surface area contributed by atoms with Gasteiger partial charge in [0.15, 0.2) is 0 Å². The van der Waals surface area contributed by atoms with Crippen molar-refractivity contribution in [2.45, 2.75) is 45.4 Å². The number of aliphatic imine (C=N–C) groups is 1. The molecule has 3 atom stereocenters. The van der Waals surface area contributed by atoms with Gasteiger partial charge in [0.25, 0.3) is 0 Å². The zero-order chi connectivity index (χ0) is 26.9. The average molecular weight is 514 g/mol. The van der Waals surface area contributed by atoms with E-state index in [4.69, 9.17) is 11.6 Å². The summed E-state index contributed by atoms with van der Waals surface area (Å²) >= 11 is 6.90. The molecule has 192 valence electrons. The summed E-state index contributed by atoms with van der Waals surface area (Å²) in [7, 11) is 0. The number of hydrogen-bond acceptors (Lipinski definition) is 4. The Hall–Kier alpha value is -3.50. The van der Waals surface area contributed by atoms with Crippen molar-refractivity contribution >= 4 is 34.4 Å². The van der Waals surface area contributed by atoms with Crippen molar-refractivity contribution < 1.29 is 5.11 Å². The van der Waals surface area contributed by atoms with Crippen molar-refractivity contribution in [1.82, 2.24) is 0 Å². The lowest BCUT2D eigenvalue weighted by Crippen LogP contribution is -2.07. The van der Waals surface area contributed by atoms with Crippen LogP contribution in [-0.4, -0.2) is 22.2 Å². The van der Waals surface area contributed by atoms with Gasteiger partial charge in [0.1, 0.15) is 5.75 Å². The first-order valence-electron chi connectivity index (χ1n) is 12.6. The molecule has 5 heteroatoms. The molecule has 0 radical (unpaired) electrons. The first-order chi connectivity index (χ1) is 17.5. The predicted molar refractivity (Wildman–Crippen MR) is 159 cm³/mol. The summed E-state index contributed by atoms with van der Waals surface area (Å²) in [6.07, 6.45) is 0. The monoisotopic (exact) mass is 513 g/mol.